The Hall–Kier alpha value is -3.14. The van der Waals surface area contributed by atoms with Crippen LogP contribution in [0.5, 0.6) is 5.75 Å². The number of rotatable bonds is 10. The number of anilines is 1. The number of aliphatic hydroxyl groups is 1. The van der Waals surface area contributed by atoms with E-state index in [0.717, 1.165) is 42.8 Å². The Bertz CT molecular complexity index is 1220. The van der Waals surface area contributed by atoms with Crippen molar-refractivity contribution in [2.24, 2.45) is 0 Å². The molecule has 38 heavy (non-hydrogen) atoms. The number of aromatic nitrogens is 2. The number of aliphatic hydroxyl groups excluding tert-OH is 1. The van der Waals surface area contributed by atoms with Crippen LogP contribution in [0.4, 0.5) is 5.82 Å². The summed E-state index contributed by atoms with van der Waals surface area (Å²) < 4.78 is 11.0. The largest absolute Gasteiger partial charge is 0.484 e. The topological polar surface area (TPSA) is 113 Å². The van der Waals surface area contributed by atoms with Gasteiger partial charge in [0, 0.05) is 44.0 Å². The summed E-state index contributed by atoms with van der Waals surface area (Å²) in [7, 11) is 0. The van der Waals surface area contributed by atoms with Gasteiger partial charge in [-0.2, -0.15) is 0 Å². The SMILES string of the molecule is O=C(NC[C@H](O)CN1CCc2c(ccc(OCc3cnco3)c2Cl)C1)c1ccnc(NC2CCCCC2)c1. The number of carbonyl (C=O) groups excluding carboxylic acids is 1. The first-order valence-electron chi connectivity index (χ1n) is 13.3. The summed E-state index contributed by atoms with van der Waals surface area (Å²) in [6.07, 6.45) is 10.7. The molecule has 10 heteroatoms. The number of oxazole rings is 1. The summed E-state index contributed by atoms with van der Waals surface area (Å²) in [5.41, 5.74) is 2.71. The quantitative estimate of drug-likeness (QED) is 0.351. The molecule has 0 radical (unpaired) electrons. The monoisotopic (exact) mass is 539 g/mol. The predicted octanol–water partition coefficient (Wildman–Crippen LogP) is 4.20. The molecular formula is C28H34ClN5O4. The van der Waals surface area contributed by atoms with Crippen LogP contribution in [0.15, 0.2) is 47.5 Å². The smallest absolute Gasteiger partial charge is 0.251 e. The molecule has 3 N–H and O–H groups in total. The number of nitrogens with one attached hydrogen (secondary N) is 2. The highest BCUT2D eigenvalue weighted by atomic mass is 35.5. The Morgan fingerprint density at radius 2 is 2.13 bits per heavy atom. The molecule has 1 atom stereocenters. The van der Waals surface area contributed by atoms with Gasteiger partial charge in [0.2, 0.25) is 0 Å². The summed E-state index contributed by atoms with van der Waals surface area (Å²) in [6.45, 7) is 2.31. The molecular weight excluding hydrogens is 506 g/mol. The van der Waals surface area contributed by atoms with Crippen molar-refractivity contribution in [1.29, 1.82) is 0 Å². The van der Waals surface area contributed by atoms with Gasteiger partial charge in [0.25, 0.3) is 5.91 Å². The van der Waals surface area contributed by atoms with Crippen molar-refractivity contribution >= 4 is 23.3 Å². The first-order chi connectivity index (χ1) is 18.5. The van der Waals surface area contributed by atoms with Gasteiger partial charge in [0.15, 0.2) is 12.2 Å². The normalized spacial score (nSPS) is 17.0. The highest BCUT2D eigenvalue weighted by molar-refractivity contribution is 6.33. The molecule has 2 aromatic heterocycles. The van der Waals surface area contributed by atoms with E-state index in [0.29, 0.717) is 41.2 Å². The molecule has 0 spiro atoms. The predicted molar refractivity (Wildman–Crippen MR) is 144 cm³/mol. The highest BCUT2D eigenvalue weighted by Gasteiger charge is 2.23. The Labute approximate surface area is 227 Å². The average molecular weight is 540 g/mol. The van der Waals surface area contributed by atoms with Crippen LogP contribution in [0.1, 0.15) is 59.3 Å². The molecule has 0 bridgehead atoms. The molecule has 9 nitrogen and oxygen atoms in total. The van der Waals surface area contributed by atoms with Crippen molar-refractivity contribution in [3.05, 3.63) is 70.5 Å². The number of β-amino-alcohol motifs (C(OH)–C–C–N with tert-alkyl or cyclic N) is 1. The van der Waals surface area contributed by atoms with Crippen LogP contribution in [0.2, 0.25) is 5.02 Å². The first-order valence-corrected chi connectivity index (χ1v) is 13.6. The number of amides is 1. The maximum Gasteiger partial charge on any atom is 0.251 e. The van der Waals surface area contributed by atoms with Gasteiger partial charge >= 0.3 is 0 Å². The first kappa shape index (κ1) is 26.5. The Kier molecular flexibility index (Phi) is 8.78. The lowest BCUT2D eigenvalue weighted by Gasteiger charge is -2.31. The van der Waals surface area contributed by atoms with Crippen LogP contribution in [0.25, 0.3) is 0 Å². The van der Waals surface area contributed by atoms with E-state index < -0.39 is 6.10 Å². The van der Waals surface area contributed by atoms with Crippen LogP contribution in [-0.4, -0.2) is 57.7 Å². The lowest BCUT2D eigenvalue weighted by Crippen LogP contribution is -2.42. The van der Waals surface area contributed by atoms with Crippen molar-refractivity contribution in [1.82, 2.24) is 20.2 Å². The van der Waals surface area contributed by atoms with Gasteiger partial charge < -0.3 is 24.9 Å². The zero-order valence-electron chi connectivity index (χ0n) is 21.4. The second-order valence-electron chi connectivity index (χ2n) is 10.0. The Morgan fingerprint density at radius 1 is 1.26 bits per heavy atom. The lowest BCUT2D eigenvalue weighted by atomic mass is 9.95. The Balaban J connectivity index is 1.09. The van der Waals surface area contributed by atoms with Gasteiger partial charge in [0.05, 0.1) is 17.3 Å². The zero-order valence-corrected chi connectivity index (χ0v) is 22.1. The molecule has 1 saturated carbocycles. The second-order valence-corrected chi connectivity index (χ2v) is 10.4. The van der Waals surface area contributed by atoms with E-state index in [1.165, 1.54) is 25.7 Å². The van der Waals surface area contributed by atoms with Gasteiger partial charge in [0.1, 0.15) is 18.2 Å². The zero-order chi connectivity index (χ0) is 26.3. The summed E-state index contributed by atoms with van der Waals surface area (Å²) >= 11 is 6.63. The molecule has 1 aliphatic heterocycles. The number of halogens is 1. The van der Waals surface area contributed by atoms with E-state index in [1.54, 1.807) is 24.5 Å². The fourth-order valence-electron chi connectivity index (χ4n) is 5.16. The highest BCUT2D eigenvalue weighted by Crippen LogP contribution is 2.34. The van der Waals surface area contributed by atoms with Crippen LogP contribution in [0.3, 0.4) is 0 Å². The molecule has 1 fully saturated rings. The number of pyridine rings is 1. The molecule has 202 valence electrons. The van der Waals surface area contributed by atoms with Gasteiger partial charge in [-0.3, -0.25) is 9.69 Å². The van der Waals surface area contributed by atoms with E-state index in [2.05, 4.69) is 25.5 Å². The number of benzene rings is 1. The van der Waals surface area contributed by atoms with Crippen molar-refractivity contribution in [3.63, 3.8) is 0 Å². The second kappa shape index (κ2) is 12.6. The van der Waals surface area contributed by atoms with Crippen molar-refractivity contribution in [3.8, 4) is 5.75 Å². The van der Waals surface area contributed by atoms with E-state index in [1.807, 2.05) is 12.1 Å². The van der Waals surface area contributed by atoms with Crippen LogP contribution < -0.4 is 15.4 Å². The molecule has 0 saturated heterocycles. The van der Waals surface area contributed by atoms with E-state index in [9.17, 15) is 9.90 Å². The maximum absolute atomic E-state index is 12.7. The number of nitrogens with zero attached hydrogens (tertiary/aromatic N) is 3. The minimum absolute atomic E-state index is 0.172. The third-order valence-corrected chi connectivity index (χ3v) is 7.59. The summed E-state index contributed by atoms with van der Waals surface area (Å²) in [5.74, 6) is 1.76. The van der Waals surface area contributed by atoms with Gasteiger partial charge in [-0.25, -0.2) is 9.97 Å². The molecule has 1 amide bonds. The van der Waals surface area contributed by atoms with Crippen LogP contribution in [0, 0.1) is 0 Å². The third kappa shape index (κ3) is 6.83. The minimum atomic E-state index is -0.692. The number of carbonyl (C=O) groups is 1. The molecule has 5 rings (SSSR count). The summed E-state index contributed by atoms with van der Waals surface area (Å²) in [4.78, 5) is 23.1. The molecule has 2 aliphatic rings. The van der Waals surface area contributed by atoms with Crippen LogP contribution >= 0.6 is 11.6 Å². The molecule has 3 aromatic rings. The number of fused-ring (bicyclic) bond motifs is 1. The number of hydrogen-bond acceptors (Lipinski definition) is 8. The van der Waals surface area contributed by atoms with Crippen LogP contribution in [-0.2, 0) is 19.6 Å². The molecule has 0 unspecified atom stereocenters. The number of ether oxygens (including phenoxy) is 1. The molecule has 1 aliphatic carbocycles. The Morgan fingerprint density at radius 3 is 2.95 bits per heavy atom. The van der Waals surface area contributed by atoms with Gasteiger partial charge in [-0.15, -0.1) is 0 Å². The third-order valence-electron chi connectivity index (χ3n) is 7.18. The van der Waals surface area contributed by atoms with E-state index in [4.69, 9.17) is 20.8 Å². The van der Waals surface area contributed by atoms with Gasteiger partial charge in [-0.1, -0.05) is 36.9 Å². The van der Waals surface area contributed by atoms with Crippen molar-refractivity contribution < 1.29 is 19.1 Å². The maximum atomic E-state index is 12.7. The summed E-state index contributed by atoms with van der Waals surface area (Å²) in [6, 6.07) is 7.77. The number of hydrogen-bond donors (Lipinski definition) is 3. The molecule has 3 heterocycles. The van der Waals surface area contributed by atoms with Crippen molar-refractivity contribution in [2.45, 2.75) is 63.8 Å². The summed E-state index contributed by atoms with van der Waals surface area (Å²) in [5, 5.41) is 17.6. The average Bonchev–Trinajstić information content (AvgIpc) is 3.46. The fourth-order valence-corrected chi connectivity index (χ4v) is 5.49. The molecule has 1 aromatic carbocycles. The lowest BCUT2D eigenvalue weighted by molar-refractivity contribution is 0.0841. The van der Waals surface area contributed by atoms with Crippen molar-refractivity contribution in [2.75, 3.05) is 25.0 Å². The van der Waals surface area contributed by atoms with E-state index in [-0.39, 0.29) is 19.1 Å². The standard InChI is InChI=1S/C28H34ClN5O4/c29-27-24-9-11-34(15-20(24)6-7-25(27)37-17-23-14-30-18-38-23)16-22(35)13-32-28(36)19-8-10-31-26(12-19)33-21-4-2-1-3-5-21/h6-8,10,12,14,18,21-22,35H,1-5,9,11,13,15-17H2,(H,31,33)(H,32,36)/t22-/m0/s1. The van der Waals surface area contributed by atoms with Gasteiger partial charge in [-0.05, 0) is 48.6 Å². The van der Waals surface area contributed by atoms with E-state index >= 15 is 0 Å². The minimum Gasteiger partial charge on any atom is -0.484 e. The fraction of sp³-hybridized carbons (Fsp3) is 0.464.